The zero-order valence-corrected chi connectivity index (χ0v) is 19.7. The van der Waals surface area contributed by atoms with Gasteiger partial charge in [-0.3, -0.25) is 0 Å². The van der Waals surface area contributed by atoms with Crippen LogP contribution in [0.3, 0.4) is 0 Å². The summed E-state index contributed by atoms with van der Waals surface area (Å²) in [5.74, 6) is -9.00. The molecule has 0 aliphatic rings. The van der Waals surface area contributed by atoms with E-state index in [2.05, 4.69) is 6.92 Å². The van der Waals surface area contributed by atoms with Gasteiger partial charge in [0.15, 0.2) is 0 Å². The van der Waals surface area contributed by atoms with Gasteiger partial charge >= 0.3 is 23.9 Å². The van der Waals surface area contributed by atoms with Crippen LogP contribution >= 0.6 is 0 Å². The van der Waals surface area contributed by atoms with Gasteiger partial charge in [0.1, 0.15) is 0 Å². The Morgan fingerprint density at radius 1 is 0.656 bits per heavy atom. The van der Waals surface area contributed by atoms with Crippen molar-refractivity contribution in [3.63, 3.8) is 0 Å². The number of hydrogen-bond acceptors (Lipinski definition) is 4. The van der Waals surface area contributed by atoms with E-state index in [-0.39, 0.29) is 5.57 Å². The molecule has 0 aliphatic heterocycles. The molecule has 0 aromatic heterocycles. The summed E-state index contributed by atoms with van der Waals surface area (Å²) < 4.78 is 0. The van der Waals surface area contributed by atoms with Crippen molar-refractivity contribution in [2.75, 3.05) is 0 Å². The lowest BCUT2D eigenvalue weighted by molar-refractivity contribution is -0.174. The van der Waals surface area contributed by atoms with Crippen LogP contribution in [-0.2, 0) is 19.2 Å². The first kappa shape index (κ1) is 29.6. The highest BCUT2D eigenvalue weighted by Gasteiger charge is 2.61. The third kappa shape index (κ3) is 8.63. The maximum Gasteiger partial charge on any atom is 0.337 e. The van der Waals surface area contributed by atoms with Crippen molar-refractivity contribution < 1.29 is 39.6 Å². The Balaban J connectivity index is 4.75. The van der Waals surface area contributed by atoms with E-state index in [0.717, 1.165) is 25.7 Å². The molecule has 0 fully saturated rings. The van der Waals surface area contributed by atoms with Crippen LogP contribution in [-0.4, -0.2) is 44.3 Å². The molecule has 0 saturated carbocycles. The van der Waals surface area contributed by atoms with Crippen molar-refractivity contribution in [3.05, 3.63) is 11.1 Å². The minimum absolute atomic E-state index is 0.0345. The molecular weight excluding hydrogens is 416 g/mol. The molecule has 0 aromatic rings. The van der Waals surface area contributed by atoms with Crippen molar-refractivity contribution in [1.29, 1.82) is 0 Å². The lowest BCUT2D eigenvalue weighted by atomic mass is 9.75. The van der Waals surface area contributed by atoms with E-state index < -0.39 is 40.8 Å². The van der Waals surface area contributed by atoms with Crippen molar-refractivity contribution in [3.8, 4) is 0 Å². The summed E-state index contributed by atoms with van der Waals surface area (Å²) in [7, 11) is 0. The molecule has 8 nitrogen and oxygen atoms in total. The first-order valence-corrected chi connectivity index (χ1v) is 11.7. The second kappa shape index (κ2) is 15.4. The Morgan fingerprint density at radius 3 is 1.31 bits per heavy atom. The molecule has 8 heteroatoms. The van der Waals surface area contributed by atoms with E-state index in [1.165, 1.54) is 58.3 Å². The van der Waals surface area contributed by atoms with Gasteiger partial charge in [0.05, 0.1) is 5.57 Å². The largest absolute Gasteiger partial charge is 0.480 e. The Kier molecular flexibility index (Phi) is 14.3. The molecule has 184 valence electrons. The predicted octanol–water partition coefficient (Wildman–Crippen LogP) is 5.36. The van der Waals surface area contributed by atoms with Gasteiger partial charge in [0.2, 0.25) is 0 Å². The van der Waals surface area contributed by atoms with E-state index in [9.17, 15) is 39.6 Å². The Hall–Kier alpha value is -2.38. The van der Waals surface area contributed by atoms with Crippen LogP contribution in [0.2, 0.25) is 0 Å². The average Bonchev–Trinajstić information content (AvgIpc) is 2.70. The number of unbranched alkanes of at least 4 members (excludes halogenated alkanes) is 11. The fourth-order valence-electron chi connectivity index (χ4n) is 3.97. The fourth-order valence-corrected chi connectivity index (χ4v) is 3.97. The number of allylic oxidation sites excluding steroid dienone is 1. The van der Waals surface area contributed by atoms with E-state index >= 15 is 0 Å². The molecule has 0 bridgehead atoms. The van der Waals surface area contributed by atoms with Crippen LogP contribution in [0.4, 0.5) is 0 Å². The van der Waals surface area contributed by atoms with Crippen LogP contribution in [0.5, 0.6) is 0 Å². The zero-order valence-electron chi connectivity index (χ0n) is 19.7. The van der Waals surface area contributed by atoms with Gasteiger partial charge in [0.25, 0.3) is 5.41 Å². The molecule has 0 spiro atoms. The lowest BCUT2D eigenvalue weighted by Gasteiger charge is -2.25. The molecule has 0 aliphatic carbocycles. The second-order valence-electron chi connectivity index (χ2n) is 8.61. The molecule has 0 radical (unpaired) electrons. The molecule has 0 heterocycles. The molecule has 1 atom stereocenters. The summed E-state index contributed by atoms with van der Waals surface area (Å²) in [6.07, 6.45) is 14.5. The van der Waals surface area contributed by atoms with Gasteiger partial charge in [-0.15, -0.1) is 0 Å². The Morgan fingerprint density at radius 2 is 1.00 bits per heavy atom. The summed E-state index contributed by atoms with van der Waals surface area (Å²) in [6.45, 7) is 5.17. The summed E-state index contributed by atoms with van der Waals surface area (Å²) in [5.41, 5.74) is -4.68. The average molecular weight is 457 g/mol. The fraction of sp³-hybridized carbons (Fsp3) is 0.750. The molecule has 0 amide bonds. The van der Waals surface area contributed by atoms with E-state index in [1.807, 2.05) is 0 Å². The minimum Gasteiger partial charge on any atom is -0.480 e. The first-order chi connectivity index (χ1) is 15.0. The van der Waals surface area contributed by atoms with Crippen molar-refractivity contribution in [2.24, 2.45) is 11.3 Å². The van der Waals surface area contributed by atoms with E-state index in [4.69, 9.17) is 0 Å². The van der Waals surface area contributed by atoms with Gasteiger partial charge in [-0.1, -0.05) is 96.5 Å². The quantitative estimate of drug-likeness (QED) is 0.115. The molecule has 0 saturated heterocycles. The topological polar surface area (TPSA) is 149 Å². The smallest absolute Gasteiger partial charge is 0.337 e. The molecule has 0 rings (SSSR count). The van der Waals surface area contributed by atoms with Gasteiger partial charge in [-0.25, -0.2) is 19.2 Å². The summed E-state index contributed by atoms with van der Waals surface area (Å²) in [4.78, 5) is 46.5. The molecule has 1 unspecified atom stereocenters. The first-order valence-electron chi connectivity index (χ1n) is 11.7. The molecule has 0 aromatic carbocycles. The van der Waals surface area contributed by atoms with Crippen molar-refractivity contribution in [2.45, 2.75) is 104 Å². The van der Waals surface area contributed by atoms with Crippen LogP contribution in [0, 0.1) is 11.3 Å². The number of rotatable bonds is 19. The summed E-state index contributed by atoms with van der Waals surface area (Å²) >= 11 is 0. The standard InChI is InChI=1S/C24H40O8/c1-4-5-6-7-8-9-10-11-12-13-14-15-16-17(2)18(3)19(20(25)26)24(21(27)28,22(29)30)23(31)32/h17H,4-16H2,1-3H3,(H,25,26)(H,27,28)(H,29,30)(H,31,32). The highest BCUT2D eigenvalue weighted by Crippen LogP contribution is 2.35. The molecule has 32 heavy (non-hydrogen) atoms. The Bertz CT molecular complexity index is 629. The van der Waals surface area contributed by atoms with Crippen LogP contribution < -0.4 is 0 Å². The SMILES string of the molecule is CCCCCCCCCCCCCCC(C)C(C)=C(C(=O)O)C(C(=O)O)(C(=O)O)C(=O)O. The number of hydrogen-bond donors (Lipinski definition) is 4. The van der Waals surface area contributed by atoms with E-state index in [1.54, 1.807) is 6.92 Å². The number of carboxylic acid groups (broad SMARTS) is 4. The minimum atomic E-state index is -3.54. The summed E-state index contributed by atoms with van der Waals surface area (Å²) in [5, 5.41) is 37.5. The van der Waals surface area contributed by atoms with Gasteiger partial charge in [0, 0.05) is 0 Å². The number of carboxylic acids is 4. The predicted molar refractivity (Wildman–Crippen MR) is 121 cm³/mol. The number of carbonyl (C=O) groups is 4. The lowest BCUT2D eigenvalue weighted by Crippen LogP contribution is -2.50. The third-order valence-corrected chi connectivity index (χ3v) is 6.18. The maximum absolute atomic E-state index is 11.7. The van der Waals surface area contributed by atoms with Crippen molar-refractivity contribution >= 4 is 23.9 Å². The number of aliphatic carboxylic acids is 4. The monoisotopic (exact) mass is 456 g/mol. The Labute approximate surface area is 190 Å². The van der Waals surface area contributed by atoms with Crippen LogP contribution in [0.15, 0.2) is 11.1 Å². The summed E-state index contributed by atoms with van der Waals surface area (Å²) in [6, 6.07) is 0. The van der Waals surface area contributed by atoms with Gasteiger partial charge in [-0.05, 0) is 19.3 Å². The highest BCUT2D eigenvalue weighted by atomic mass is 16.4. The molecular formula is C24H40O8. The van der Waals surface area contributed by atoms with Gasteiger partial charge in [-0.2, -0.15) is 0 Å². The van der Waals surface area contributed by atoms with Gasteiger partial charge < -0.3 is 20.4 Å². The highest BCUT2D eigenvalue weighted by molar-refractivity contribution is 6.24. The zero-order chi connectivity index (χ0) is 24.7. The normalized spacial score (nSPS) is 13.3. The molecule has 4 N–H and O–H groups in total. The van der Waals surface area contributed by atoms with Crippen LogP contribution in [0.1, 0.15) is 104 Å². The second-order valence-corrected chi connectivity index (χ2v) is 8.61. The maximum atomic E-state index is 11.7. The van der Waals surface area contributed by atoms with Crippen LogP contribution in [0.25, 0.3) is 0 Å². The van der Waals surface area contributed by atoms with E-state index in [0.29, 0.717) is 6.42 Å². The van der Waals surface area contributed by atoms with Crippen molar-refractivity contribution in [1.82, 2.24) is 0 Å². The third-order valence-electron chi connectivity index (χ3n) is 6.18.